The number of rotatable bonds is 7. The minimum absolute atomic E-state index is 0.770. The number of hydrogen-bond acceptors (Lipinski definition) is 2. The lowest BCUT2D eigenvalue weighted by molar-refractivity contribution is 0.190. The first-order chi connectivity index (χ1) is 7.74. The summed E-state index contributed by atoms with van der Waals surface area (Å²) < 4.78 is 5.05. The molecule has 2 nitrogen and oxygen atoms in total. The second-order valence-electron chi connectivity index (χ2n) is 5.51. The van der Waals surface area contributed by atoms with Gasteiger partial charge in [-0.05, 0) is 50.5 Å². The first kappa shape index (κ1) is 14.0. The van der Waals surface area contributed by atoms with E-state index in [2.05, 4.69) is 19.2 Å². The second kappa shape index (κ2) is 8.08. The van der Waals surface area contributed by atoms with Crippen molar-refractivity contribution in [2.75, 3.05) is 20.3 Å². The van der Waals surface area contributed by atoms with Gasteiger partial charge in [-0.15, -0.1) is 0 Å². The van der Waals surface area contributed by atoms with E-state index >= 15 is 0 Å². The molecule has 96 valence electrons. The van der Waals surface area contributed by atoms with Crippen molar-refractivity contribution < 1.29 is 4.74 Å². The summed E-state index contributed by atoms with van der Waals surface area (Å²) in [7, 11) is 1.78. The van der Waals surface area contributed by atoms with Gasteiger partial charge in [-0.2, -0.15) is 0 Å². The normalized spacial score (nSPS) is 30.6. The Labute approximate surface area is 101 Å². The average Bonchev–Trinajstić information content (AvgIpc) is 2.28. The number of unbranched alkanes of at least 4 members (excludes halogenated alkanes) is 2. The van der Waals surface area contributed by atoms with E-state index in [4.69, 9.17) is 4.74 Å². The van der Waals surface area contributed by atoms with Crippen molar-refractivity contribution in [1.82, 2.24) is 5.32 Å². The van der Waals surface area contributed by atoms with Crippen LogP contribution in [0.15, 0.2) is 0 Å². The minimum atomic E-state index is 0.770. The molecule has 1 saturated carbocycles. The number of nitrogens with one attached hydrogen (secondary N) is 1. The predicted molar refractivity (Wildman–Crippen MR) is 69.7 cm³/mol. The number of methoxy groups -OCH3 is 1. The molecule has 0 aromatic heterocycles. The van der Waals surface area contributed by atoms with Crippen LogP contribution < -0.4 is 5.32 Å². The van der Waals surface area contributed by atoms with E-state index in [-0.39, 0.29) is 0 Å². The fourth-order valence-electron chi connectivity index (χ4n) is 2.65. The van der Waals surface area contributed by atoms with E-state index in [1.165, 1.54) is 45.1 Å². The Bertz CT molecular complexity index is 172. The maximum absolute atomic E-state index is 5.05. The van der Waals surface area contributed by atoms with Crippen LogP contribution in [0, 0.1) is 11.8 Å². The molecule has 1 N–H and O–H groups in total. The van der Waals surface area contributed by atoms with Gasteiger partial charge in [0.1, 0.15) is 0 Å². The minimum Gasteiger partial charge on any atom is -0.385 e. The zero-order chi connectivity index (χ0) is 11.8. The zero-order valence-electron chi connectivity index (χ0n) is 11.3. The third-order valence-electron chi connectivity index (χ3n) is 3.89. The van der Waals surface area contributed by atoms with Crippen molar-refractivity contribution in [3.05, 3.63) is 0 Å². The maximum Gasteiger partial charge on any atom is 0.0462 e. The van der Waals surface area contributed by atoms with Gasteiger partial charge in [0.05, 0.1) is 0 Å². The van der Waals surface area contributed by atoms with Crippen molar-refractivity contribution in [3.63, 3.8) is 0 Å². The number of ether oxygens (including phenoxy) is 1. The van der Waals surface area contributed by atoms with Crippen molar-refractivity contribution in [3.8, 4) is 0 Å². The average molecular weight is 227 g/mol. The van der Waals surface area contributed by atoms with E-state index in [0.29, 0.717) is 0 Å². The van der Waals surface area contributed by atoms with E-state index in [1.54, 1.807) is 7.11 Å². The highest BCUT2D eigenvalue weighted by Crippen LogP contribution is 2.28. The molecular formula is C14H29NO. The molecule has 1 fully saturated rings. The van der Waals surface area contributed by atoms with Gasteiger partial charge in [-0.25, -0.2) is 0 Å². The fourth-order valence-corrected chi connectivity index (χ4v) is 2.65. The Morgan fingerprint density at radius 1 is 1.12 bits per heavy atom. The maximum atomic E-state index is 5.05. The molecule has 0 heterocycles. The van der Waals surface area contributed by atoms with Gasteiger partial charge < -0.3 is 10.1 Å². The smallest absolute Gasteiger partial charge is 0.0462 e. The van der Waals surface area contributed by atoms with Crippen LogP contribution >= 0.6 is 0 Å². The van der Waals surface area contributed by atoms with Crippen LogP contribution in [0.5, 0.6) is 0 Å². The summed E-state index contributed by atoms with van der Waals surface area (Å²) >= 11 is 0. The van der Waals surface area contributed by atoms with Gasteiger partial charge in [0.25, 0.3) is 0 Å². The Balaban J connectivity index is 2.02. The molecule has 0 aromatic rings. The number of hydrogen-bond donors (Lipinski definition) is 1. The molecule has 0 spiro atoms. The highest BCUT2D eigenvalue weighted by atomic mass is 16.5. The quantitative estimate of drug-likeness (QED) is 0.674. The molecular weight excluding hydrogens is 198 g/mol. The SMILES string of the molecule is COCCCCCNC1CC(C)CCC1C. The van der Waals surface area contributed by atoms with E-state index in [0.717, 1.165) is 24.5 Å². The summed E-state index contributed by atoms with van der Waals surface area (Å²) in [5.74, 6) is 1.79. The largest absolute Gasteiger partial charge is 0.385 e. The van der Waals surface area contributed by atoms with Gasteiger partial charge in [0, 0.05) is 19.8 Å². The molecule has 0 bridgehead atoms. The summed E-state index contributed by atoms with van der Waals surface area (Å²) in [6.07, 6.45) is 7.99. The van der Waals surface area contributed by atoms with Gasteiger partial charge in [-0.3, -0.25) is 0 Å². The molecule has 1 aliphatic rings. The van der Waals surface area contributed by atoms with Gasteiger partial charge >= 0.3 is 0 Å². The first-order valence-corrected chi connectivity index (χ1v) is 6.96. The molecule has 0 radical (unpaired) electrons. The van der Waals surface area contributed by atoms with Crippen LogP contribution in [0.25, 0.3) is 0 Å². The summed E-state index contributed by atoms with van der Waals surface area (Å²) in [4.78, 5) is 0. The molecule has 2 heteroatoms. The molecule has 1 rings (SSSR count). The Morgan fingerprint density at radius 3 is 2.69 bits per heavy atom. The fraction of sp³-hybridized carbons (Fsp3) is 1.00. The Hall–Kier alpha value is -0.0800. The standard InChI is InChI=1S/C14H29NO/c1-12-7-8-13(2)14(11-12)15-9-5-4-6-10-16-3/h12-15H,4-11H2,1-3H3. The molecule has 0 aliphatic heterocycles. The van der Waals surface area contributed by atoms with E-state index < -0.39 is 0 Å². The van der Waals surface area contributed by atoms with Crippen molar-refractivity contribution in [1.29, 1.82) is 0 Å². The summed E-state index contributed by atoms with van der Waals surface area (Å²) in [5.41, 5.74) is 0. The van der Waals surface area contributed by atoms with Crippen LogP contribution in [0.2, 0.25) is 0 Å². The van der Waals surface area contributed by atoms with Crippen molar-refractivity contribution in [2.24, 2.45) is 11.8 Å². The van der Waals surface area contributed by atoms with E-state index in [1.807, 2.05) is 0 Å². The third kappa shape index (κ3) is 5.31. The van der Waals surface area contributed by atoms with Crippen LogP contribution in [0.1, 0.15) is 52.4 Å². The van der Waals surface area contributed by atoms with Crippen LogP contribution in [-0.2, 0) is 4.74 Å². The lowest BCUT2D eigenvalue weighted by atomic mass is 9.80. The Morgan fingerprint density at radius 2 is 1.94 bits per heavy atom. The van der Waals surface area contributed by atoms with Gasteiger partial charge in [-0.1, -0.05) is 20.3 Å². The topological polar surface area (TPSA) is 21.3 Å². The molecule has 0 amide bonds. The molecule has 0 aromatic carbocycles. The molecule has 16 heavy (non-hydrogen) atoms. The van der Waals surface area contributed by atoms with Gasteiger partial charge in [0.2, 0.25) is 0 Å². The monoisotopic (exact) mass is 227 g/mol. The van der Waals surface area contributed by atoms with Crippen LogP contribution in [0.4, 0.5) is 0 Å². The van der Waals surface area contributed by atoms with Crippen LogP contribution in [0.3, 0.4) is 0 Å². The molecule has 3 atom stereocenters. The lowest BCUT2D eigenvalue weighted by Crippen LogP contribution is -2.39. The van der Waals surface area contributed by atoms with Gasteiger partial charge in [0.15, 0.2) is 0 Å². The van der Waals surface area contributed by atoms with Crippen molar-refractivity contribution in [2.45, 2.75) is 58.4 Å². The summed E-state index contributed by atoms with van der Waals surface area (Å²) in [6.45, 7) is 6.88. The summed E-state index contributed by atoms with van der Waals surface area (Å²) in [6, 6.07) is 0.770. The summed E-state index contributed by atoms with van der Waals surface area (Å²) in [5, 5.41) is 3.74. The second-order valence-corrected chi connectivity index (χ2v) is 5.51. The third-order valence-corrected chi connectivity index (χ3v) is 3.89. The lowest BCUT2D eigenvalue weighted by Gasteiger charge is -2.33. The highest BCUT2D eigenvalue weighted by Gasteiger charge is 2.24. The van der Waals surface area contributed by atoms with E-state index in [9.17, 15) is 0 Å². The van der Waals surface area contributed by atoms with Crippen molar-refractivity contribution >= 4 is 0 Å². The molecule has 1 aliphatic carbocycles. The molecule has 0 saturated heterocycles. The molecule has 3 unspecified atom stereocenters. The first-order valence-electron chi connectivity index (χ1n) is 6.96. The van der Waals surface area contributed by atoms with Crippen LogP contribution in [-0.4, -0.2) is 26.3 Å². The highest BCUT2D eigenvalue weighted by molar-refractivity contribution is 4.81. The Kier molecular flexibility index (Phi) is 7.06. The predicted octanol–water partition coefficient (Wildman–Crippen LogP) is 3.22. The zero-order valence-corrected chi connectivity index (χ0v) is 11.3.